The Labute approximate surface area is 119 Å². The van der Waals surface area contributed by atoms with E-state index in [1.165, 1.54) is 38.5 Å². The molecule has 4 saturated carbocycles. The standard InChI is InChI=1S/C17H20N2O/c20-16-14-2-1-3-18-15(14)10-19(16)17-7-11-4-12(8-17)6-13(5-11)9-17/h1-3,11-13H,4-10H2. The Kier molecular flexibility index (Phi) is 2.05. The molecule has 0 atom stereocenters. The summed E-state index contributed by atoms with van der Waals surface area (Å²) in [5.74, 6) is 2.89. The summed E-state index contributed by atoms with van der Waals surface area (Å²) in [4.78, 5) is 19.4. The van der Waals surface area contributed by atoms with E-state index in [1.54, 1.807) is 0 Å². The molecule has 0 N–H and O–H groups in total. The minimum absolute atomic E-state index is 0.173. The van der Waals surface area contributed by atoms with Crippen LogP contribution in [0, 0.1) is 17.8 Å². The van der Waals surface area contributed by atoms with Gasteiger partial charge in [0.25, 0.3) is 5.91 Å². The number of nitrogens with zero attached hydrogens (tertiary/aromatic N) is 2. The molecule has 0 spiro atoms. The van der Waals surface area contributed by atoms with Crippen molar-refractivity contribution in [3.63, 3.8) is 0 Å². The first kappa shape index (κ1) is 11.3. The highest BCUT2D eigenvalue weighted by Crippen LogP contribution is 2.58. The van der Waals surface area contributed by atoms with Crippen molar-refractivity contribution in [2.75, 3.05) is 0 Å². The highest BCUT2D eigenvalue weighted by molar-refractivity contribution is 5.98. The van der Waals surface area contributed by atoms with Gasteiger partial charge in [-0.1, -0.05) is 0 Å². The van der Waals surface area contributed by atoms with Crippen molar-refractivity contribution in [3.8, 4) is 0 Å². The van der Waals surface area contributed by atoms with Crippen molar-refractivity contribution >= 4 is 5.91 Å². The smallest absolute Gasteiger partial charge is 0.256 e. The fourth-order valence-corrected chi connectivity index (χ4v) is 5.90. The lowest BCUT2D eigenvalue weighted by molar-refractivity contribution is -0.0750. The number of fused-ring (bicyclic) bond motifs is 1. The maximum absolute atomic E-state index is 12.8. The van der Waals surface area contributed by atoms with Crippen LogP contribution >= 0.6 is 0 Å². The summed E-state index contributed by atoms with van der Waals surface area (Å²) in [5.41, 5.74) is 2.02. The van der Waals surface area contributed by atoms with Gasteiger partial charge in [-0.25, -0.2) is 0 Å². The summed E-state index contributed by atoms with van der Waals surface area (Å²) in [6.45, 7) is 0.751. The molecule has 4 fully saturated rings. The molecule has 1 amide bonds. The first-order chi connectivity index (χ1) is 9.73. The van der Waals surface area contributed by atoms with E-state index in [4.69, 9.17) is 0 Å². The van der Waals surface area contributed by atoms with Crippen LogP contribution in [0.1, 0.15) is 54.6 Å². The molecule has 3 heteroatoms. The monoisotopic (exact) mass is 268 g/mol. The van der Waals surface area contributed by atoms with Crippen LogP contribution in [0.15, 0.2) is 18.3 Å². The van der Waals surface area contributed by atoms with E-state index < -0.39 is 0 Å². The van der Waals surface area contributed by atoms with Crippen molar-refractivity contribution in [3.05, 3.63) is 29.6 Å². The molecule has 0 aromatic carbocycles. The third-order valence-electron chi connectivity index (χ3n) is 6.25. The van der Waals surface area contributed by atoms with Crippen LogP contribution in [0.5, 0.6) is 0 Å². The average Bonchev–Trinajstić information content (AvgIpc) is 2.76. The summed E-state index contributed by atoms with van der Waals surface area (Å²) < 4.78 is 0. The maximum atomic E-state index is 12.8. The molecule has 1 aliphatic heterocycles. The third kappa shape index (κ3) is 1.36. The lowest BCUT2D eigenvalue weighted by Gasteiger charge is -2.59. The lowest BCUT2D eigenvalue weighted by atomic mass is 9.52. The average molecular weight is 268 g/mol. The summed E-state index contributed by atoms with van der Waals surface area (Å²) in [5, 5.41) is 0. The normalized spacial score (nSPS) is 41.3. The molecule has 2 heterocycles. The first-order valence-corrected chi connectivity index (χ1v) is 7.99. The number of aromatic nitrogens is 1. The topological polar surface area (TPSA) is 33.2 Å². The quantitative estimate of drug-likeness (QED) is 0.784. The Morgan fingerprint density at radius 2 is 1.75 bits per heavy atom. The van der Waals surface area contributed by atoms with Crippen LogP contribution in [-0.2, 0) is 6.54 Å². The van der Waals surface area contributed by atoms with E-state index in [9.17, 15) is 4.79 Å². The number of pyridine rings is 1. The van der Waals surface area contributed by atoms with E-state index in [1.807, 2.05) is 18.3 Å². The summed E-state index contributed by atoms with van der Waals surface area (Å²) >= 11 is 0. The first-order valence-electron chi connectivity index (χ1n) is 7.99. The van der Waals surface area contributed by atoms with Crippen LogP contribution in [0.2, 0.25) is 0 Å². The molecule has 104 valence electrons. The fraction of sp³-hybridized carbons (Fsp3) is 0.647. The van der Waals surface area contributed by atoms with Gasteiger partial charge < -0.3 is 4.90 Å². The lowest BCUT2D eigenvalue weighted by Crippen LogP contribution is -2.59. The fourth-order valence-electron chi connectivity index (χ4n) is 5.90. The zero-order valence-corrected chi connectivity index (χ0v) is 11.7. The van der Waals surface area contributed by atoms with Gasteiger partial charge in [0.1, 0.15) is 0 Å². The molecular weight excluding hydrogens is 248 g/mol. The van der Waals surface area contributed by atoms with Crippen LogP contribution in [0.4, 0.5) is 0 Å². The second-order valence-corrected chi connectivity index (χ2v) is 7.53. The van der Waals surface area contributed by atoms with Crippen LogP contribution in [0.25, 0.3) is 0 Å². The predicted molar refractivity (Wildman–Crippen MR) is 75.0 cm³/mol. The van der Waals surface area contributed by atoms with Crippen molar-refractivity contribution < 1.29 is 4.79 Å². The highest BCUT2D eigenvalue weighted by atomic mass is 16.2. The van der Waals surface area contributed by atoms with E-state index in [0.29, 0.717) is 0 Å². The molecule has 4 aliphatic carbocycles. The summed E-state index contributed by atoms with van der Waals surface area (Å²) in [6.07, 6.45) is 9.83. The Morgan fingerprint density at radius 1 is 1.10 bits per heavy atom. The minimum Gasteiger partial charge on any atom is -0.327 e. The third-order valence-corrected chi connectivity index (χ3v) is 6.25. The molecule has 4 bridgehead atoms. The van der Waals surface area contributed by atoms with E-state index in [0.717, 1.165) is 35.6 Å². The summed E-state index contributed by atoms with van der Waals surface area (Å²) in [7, 11) is 0. The Balaban J connectivity index is 1.54. The van der Waals surface area contributed by atoms with Crippen molar-refractivity contribution in [2.45, 2.75) is 50.6 Å². The number of hydrogen-bond acceptors (Lipinski definition) is 2. The van der Waals surface area contributed by atoms with Gasteiger partial charge >= 0.3 is 0 Å². The molecule has 1 aromatic rings. The van der Waals surface area contributed by atoms with Crippen molar-refractivity contribution in [1.29, 1.82) is 0 Å². The molecule has 6 rings (SSSR count). The molecule has 20 heavy (non-hydrogen) atoms. The predicted octanol–water partition coefficient (Wildman–Crippen LogP) is 3.01. The van der Waals surface area contributed by atoms with E-state index in [2.05, 4.69) is 9.88 Å². The number of amides is 1. The van der Waals surface area contributed by atoms with Gasteiger partial charge in [0, 0.05) is 11.7 Å². The van der Waals surface area contributed by atoms with E-state index >= 15 is 0 Å². The van der Waals surface area contributed by atoms with Gasteiger partial charge in [0.05, 0.1) is 17.8 Å². The summed E-state index contributed by atoms with van der Waals surface area (Å²) in [6, 6.07) is 3.84. The molecule has 0 saturated heterocycles. The number of carbonyl (C=O) groups excluding carboxylic acids is 1. The largest absolute Gasteiger partial charge is 0.327 e. The van der Waals surface area contributed by atoms with E-state index in [-0.39, 0.29) is 11.4 Å². The van der Waals surface area contributed by atoms with Crippen LogP contribution < -0.4 is 0 Å². The Morgan fingerprint density at radius 3 is 2.35 bits per heavy atom. The zero-order valence-electron chi connectivity index (χ0n) is 11.7. The molecule has 3 nitrogen and oxygen atoms in total. The van der Waals surface area contributed by atoms with Gasteiger partial charge in [0.15, 0.2) is 0 Å². The van der Waals surface area contributed by atoms with Crippen LogP contribution in [0.3, 0.4) is 0 Å². The second-order valence-electron chi connectivity index (χ2n) is 7.53. The van der Waals surface area contributed by atoms with Gasteiger partial charge in [-0.3, -0.25) is 9.78 Å². The molecule has 0 radical (unpaired) electrons. The van der Waals surface area contributed by atoms with Gasteiger partial charge in [-0.15, -0.1) is 0 Å². The Hall–Kier alpha value is -1.38. The van der Waals surface area contributed by atoms with Crippen molar-refractivity contribution in [2.24, 2.45) is 17.8 Å². The molecular formula is C17H20N2O. The molecule has 0 unspecified atom stereocenters. The molecule has 5 aliphatic rings. The number of rotatable bonds is 1. The van der Waals surface area contributed by atoms with Crippen LogP contribution in [-0.4, -0.2) is 21.3 Å². The number of carbonyl (C=O) groups is 1. The Bertz CT molecular complexity index is 559. The zero-order chi connectivity index (χ0) is 13.3. The van der Waals surface area contributed by atoms with Gasteiger partial charge in [-0.05, 0) is 68.4 Å². The minimum atomic E-state index is 0.173. The maximum Gasteiger partial charge on any atom is 0.256 e. The van der Waals surface area contributed by atoms with Crippen molar-refractivity contribution in [1.82, 2.24) is 9.88 Å². The SMILES string of the molecule is O=C1c2cccnc2CN1C12CC3CC(CC(C3)C1)C2. The van der Waals surface area contributed by atoms with Gasteiger partial charge in [-0.2, -0.15) is 0 Å². The number of hydrogen-bond donors (Lipinski definition) is 0. The second kappa shape index (κ2) is 3.63. The molecule has 1 aromatic heterocycles. The van der Waals surface area contributed by atoms with Gasteiger partial charge in [0.2, 0.25) is 0 Å². The highest BCUT2D eigenvalue weighted by Gasteiger charge is 2.56.